The van der Waals surface area contributed by atoms with Crippen molar-refractivity contribution >= 4 is 24.0 Å². The fourth-order valence-electron chi connectivity index (χ4n) is 5.41. The van der Waals surface area contributed by atoms with Crippen LogP contribution in [0.1, 0.15) is 29.2 Å². The first kappa shape index (κ1) is 26.0. The summed E-state index contributed by atoms with van der Waals surface area (Å²) in [7, 11) is -1.12. The number of fused-ring (bicyclic) bond motifs is 1. The number of allylic oxidation sites excluding steroid dienone is 1. The Morgan fingerprint density at radius 3 is 2.13 bits per heavy atom. The van der Waals surface area contributed by atoms with Gasteiger partial charge in [-0.05, 0) is 30.2 Å². The second kappa shape index (κ2) is 9.71. The summed E-state index contributed by atoms with van der Waals surface area (Å²) in [5.74, 6) is 0. The van der Waals surface area contributed by atoms with Gasteiger partial charge in [0.25, 0.3) is 0 Å². The smallest absolute Gasteiger partial charge is 1.00 e. The van der Waals surface area contributed by atoms with E-state index in [-0.39, 0.29) is 51.0 Å². The summed E-state index contributed by atoms with van der Waals surface area (Å²) in [6, 6.07) is 23.4. The van der Waals surface area contributed by atoms with Crippen LogP contribution in [0, 0.1) is 6.92 Å². The van der Waals surface area contributed by atoms with Gasteiger partial charge < -0.3 is 29.4 Å². The van der Waals surface area contributed by atoms with Gasteiger partial charge in [0.05, 0.1) is 8.07 Å². The van der Waals surface area contributed by atoms with Gasteiger partial charge in [-0.15, -0.1) is 40.6 Å². The number of hydrogen-bond acceptors (Lipinski definition) is 0. The van der Waals surface area contributed by atoms with Crippen molar-refractivity contribution in [2.24, 2.45) is 0 Å². The summed E-state index contributed by atoms with van der Waals surface area (Å²) in [4.78, 5) is 0. The van der Waals surface area contributed by atoms with Gasteiger partial charge in [-0.1, -0.05) is 55.1 Å². The van der Waals surface area contributed by atoms with Crippen molar-refractivity contribution in [2.75, 3.05) is 0 Å². The average Bonchev–Trinajstić information content (AvgIpc) is 3.36. The molecule has 5 heteroatoms. The molecular weight excluding hydrogens is 517 g/mol. The van der Waals surface area contributed by atoms with Gasteiger partial charge in [-0.25, -0.2) is 0 Å². The molecule has 1 nitrogen and oxygen atoms in total. The molecule has 3 aromatic carbocycles. The molecule has 31 heavy (non-hydrogen) atoms. The van der Waals surface area contributed by atoms with Crippen molar-refractivity contribution in [3.8, 4) is 5.69 Å². The molecule has 1 atom stereocenters. The molecular formula is C26H26Cl2NSiZr. The van der Waals surface area contributed by atoms with Gasteiger partial charge >= 0.3 is 26.2 Å². The van der Waals surface area contributed by atoms with Crippen LogP contribution < -0.4 is 24.8 Å². The first-order valence-electron chi connectivity index (χ1n) is 10.1. The van der Waals surface area contributed by atoms with Crippen LogP contribution in [0.25, 0.3) is 21.7 Å². The number of aryl methyl sites for hydroxylation is 1. The van der Waals surface area contributed by atoms with E-state index in [9.17, 15) is 0 Å². The number of rotatable bonds is 1. The molecule has 0 fully saturated rings. The predicted octanol–water partition coefficient (Wildman–Crippen LogP) is 1.02. The van der Waals surface area contributed by atoms with Crippen LogP contribution in [0.4, 0.5) is 0 Å². The molecule has 1 aliphatic carbocycles. The van der Waals surface area contributed by atoms with E-state index >= 15 is 0 Å². The average molecular weight is 543 g/mol. The quantitative estimate of drug-likeness (QED) is 0.250. The summed E-state index contributed by atoms with van der Waals surface area (Å²) >= 11 is 0. The number of nitrogens with zero attached hydrogens (tertiary/aromatic N) is 1. The third-order valence-electron chi connectivity index (χ3n) is 6.45. The Hall–Kier alpha value is -1.25. The molecule has 3 heterocycles. The van der Waals surface area contributed by atoms with E-state index in [4.69, 9.17) is 0 Å². The second-order valence-corrected chi connectivity index (χ2v) is 13.3. The van der Waals surface area contributed by atoms with Crippen molar-refractivity contribution in [2.45, 2.75) is 32.5 Å². The van der Waals surface area contributed by atoms with Crippen molar-refractivity contribution in [1.82, 2.24) is 4.57 Å². The Kier molecular flexibility index (Phi) is 8.15. The van der Waals surface area contributed by atoms with Crippen LogP contribution in [0.2, 0.25) is 13.1 Å². The van der Waals surface area contributed by atoms with Gasteiger partial charge in [0, 0.05) is 23.6 Å². The molecule has 7 rings (SSSR count). The molecule has 0 N–H and O–H groups in total. The Morgan fingerprint density at radius 1 is 0.871 bits per heavy atom. The molecule has 1 unspecified atom stereocenters. The largest absolute Gasteiger partial charge is 3.00 e. The standard InChI is InChI=1S/C16H17NSi.C10H9.2ClH.Zr/c1-11-15-13-9-17(12-7-5-4-6-8-12)10-14(13)16(11)18(15,2)3;1-8-6-9-4-2-3-5-10(9)7-8;;;/h4-10,15H,1-3H3;2-7H,1H3;2*1H;/q;-1;;;+3/p-2. The maximum Gasteiger partial charge on any atom is 3.00 e. The molecule has 0 amide bonds. The molecule has 4 aromatic rings. The van der Waals surface area contributed by atoms with Crippen LogP contribution in [-0.4, -0.2) is 12.6 Å². The van der Waals surface area contributed by atoms with E-state index < -0.39 is 8.07 Å². The molecule has 0 saturated carbocycles. The summed E-state index contributed by atoms with van der Waals surface area (Å²) in [6.07, 6.45) is 4.69. The Morgan fingerprint density at radius 2 is 1.52 bits per heavy atom. The number of aromatic nitrogens is 1. The van der Waals surface area contributed by atoms with Gasteiger partial charge in [-0.2, -0.15) is 6.07 Å². The van der Waals surface area contributed by atoms with Crippen molar-refractivity contribution in [1.29, 1.82) is 0 Å². The zero-order valence-corrected chi connectivity index (χ0v) is 23.3. The predicted molar refractivity (Wildman–Crippen MR) is 123 cm³/mol. The minimum absolute atomic E-state index is 0. The number of halogens is 2. The fraction of sp³-hybridized carbons (Fsp3) is 0.192. The van der Waals surface area contributed by atoms with Crippen LogP contribution in [0.15, 0.2) is 84.7 Å². The first-order valence-corrected chi connectivity index (χ1v) is 13.2. The molecule has 1 aromatic heterocycles. The zero-order chi connectivity index (χ0) is 19.5. The molecule has 2 aliphatic heterocycles. The number of hydrogen-bond donors (Lipinski definition) is 0. The minimum Gasteiger partial charge on any atom is -1.00 e. The summed E-state index contributed by atoms with van der Waals surface area (Å²) in [6.45, 7) is 9.46. The topological polar surface area (TPSA) is 4.93 Å². The Balaban J connectivity index is 0.000000228. The van der Waals surface area contributed by atoms with E-state index in [0.717, 1.165) is 5.54 Å². The Labute approximate surface area is 217 Å². The number of para-hydroxylation sites is 1. The van der Waals surface area contributed by atoms with Crippen LogP contribution in [0.5, 0.6) is 0 Å². The summed E-state index contributed by atoms with van der Waals surface area (Å²) in [5, 5.41) is 4.41. The first-order chi connectivity index (χ1) is 13.5. The van der Waals surface area contributed by atoms with E-state index in [1.165, 1.54) is 27.6 Å². The van der Waals surface area contributed by atoms with Gasteiger partial charge in [0.2, 0.25) is 0 Å². The summed E-state index contributed by atoms with van der Waals surface area (Å²) < 4.78 is 2.29. The van der Waals surface area contributed by atoms with Crippen LogP contribution >= 0.6 is 0 Å². The molecule has 157 valence electrons. The maximum absolute atomic E-state index is 2.51. The third-order valence-corrected chi connectivity index (χ3v) is 10.6. The van der Waals surface area contributed by atoms with Gasteiger partial charge in [0.1, 0.15) is 0 Å². The SMILES string of the molecule is CC1=C2c3cn(-c4ccccc4)cc3C1[Si]2(C)C.Cc1cc2ccccc2[cH-]1.[Cl-].[Cl-].[Zr+3]. The molecule has 2 bridgehead atoms. The van der Waals surface area contributed by atoms with Gasteiger partial charge in [0.15, 0.2) is 0 Å². The second-order valence-electron chi connectivity index (χ2n) is 8.74. The normalized spacial score (nSPS) is 16.7. The molecule has 3 aliphatic rings. The molecule has 1 radical (unpaired) electrons. The summed E-state index contributed by atoms with van der Waals surface area (Å²) in [5.41, 5.74) is 8.18. The van der Waals surface area contributed by atoms with Crippen LogP contribution in [-0.2, 0) is 26.2 Å². The fourth-order valence-corrected chi connectivity index (χ4v) is 9.77. The van der Waals surface area contributed by atoms with E-state index in [2.05, 4.69) is 111 Å². The van der Waals surface area contributed by atoms with E-state index in [0.29, 0.717) is 0 Å². The van der Waals surface area contributed by atoms with Crippen molar-refractivity contribution < 1.29 is 51.0 Å². The molecule has 0 saturated heterocycles. The maximum atomic E-state index is 2.51. The van der Waals surface area contributed by atoms with Crippen molar-refractivity contribution in [3.63, 3.8) is 0 Å². The molecule has 0 spiro atoms. The van der Waals surface area contributed by atoms with Crippen LogP contribution in [0.3, 0.4) is 0 Å². The van der Waals surface area contributed by atoms with E-state index in [1.807, 2.05) is 0 Å². The zero-order valence-electron chi connectivity index (χ0n) is 18.3. The van der Waals surface area contributed by atoms with E-state index in [1.54, 1.807) is 16.3 Å². The van der Waals surface area contributed by atoms with Gasteiger partial charge in [-0.3, -0.25) is 0 Å². The monoisotopic (exact) mass is 540 g/mol. The Bertz CT molecular complexity index is 1190. The number of benzene rings is 2. The van der Waals surface area contributed by atoms with Crippen molar-refractivity contribution in [3.05, 3.63) is 101 Å². The minimum atomic E-state index is -1.12. The third kappa shape index (κ3) is 4.23.